The van der Waals surface area contributed by atoms with Crippen molar-refractivity contribution in [1.82, 2.24) is 0 Å². The lowest BCUT2D eigenvalue weighted by atomic mass is 10.0. The first kappa shape index (κ1) is 25.1. The van der Waals surface area contributed by atoms with Crippen LogP contribution in [0.4, 0.5) is 0 Å². The number of ether oxygens (including phenoxy) is 2. The molecule has 32 heavy (non-hydrogen) atoms. The number of carbonyl (C=O) groups excluding carboxylic acids is 3. The fourth-order valence-corrected chi connectivity index (χ4v) is 2.88. The maximum absolute atomic E-state index is 12.4. The van der Waals surface area contributed by atoms with E-state index >= 15 is 0 Å². The highest BCUT2D eigenvalue weighted by Crippen LogP contribution is 2.13. The van der Waals surface area contributed by atoms with Gasteiger partial charge in [-0.05, 0) is 50.5 Å². The van der Waals surface area contributed by atoms with Crippen LogP contribution in [0.2, 0.25) is 0 Å². The number of benzene rings is 2. The van der Waals surface area contributed by atoms with Gasteiger partial charge >= 0.3 is 11.9 Å². The van der Waals surface area contributed by atoms with Crippen LogP contribution in [0.3, 0.4) is 0 Å². The summed E-state index contributed by atoms with van der Waals surface area (Å²) < 4.78 is 10.3. The molecule has 0 radical (unpaired) electrons. The van der Waals surface area contributed by atoms with Crippen LogP contribution in [0.1, 0.15) is 53.0 Å². The van der Waals surface area contributed by atoms with Crippen LogP contribution in [0.25, 0.3) is 0 Å². The van der Waals surface area contributed by atoms with E-state index in [1.807, 2.05) is 44.2 Å². The van der Waals surface area contributed by atoms with E-state index in [-0.39, 0.29) is 24.9 Å². The number of esters is 2. The van der Waals surface area contributed by atoms with Gasteiger partial charge in [0, 0.05) is 11.1 Å². The fourth-order valence-electron chi connectivity index (χ4n) is 2.80. The highest BCUT2D eigenvalue weighted by Gasteiger charge is 2.11. The highest BCUT2D eigenvalue weighted by atomic mass is 35.5. The zero-order chi connectivity index (χ0) is 23.3. The summed E-state index contributed by atoms with van der Waals surface area (Å²) in [5, 5.41) is 0. The van der Waals surface area contributed by atoms with Gasteiger partial charge in [0.1, 0.15) is 19.1 Å². The van der Waals surface area contributed by atoms with E-state index < -0.39 is 11.9 Å². The number of rotatable bonds is 11. The monoisotopic (exact) mass is 454 g/mol. The molecule has 0 spiro atoms. The van der Waals surface area contributed by atoms with E-state index in [1.54, 1.807) is 36.4 Å². The minimum atomic E-state index is -0.439. The second kappa shape index (κ2) is 13.3. The Kier molecular flexibility index (Phi) is 10.4. The van der Waals surface area contributed by atoms with Gasteiger partial charge in [-0.1, -0.05) is 54.1 Å². The van der Waals surface area contributed by atoms with Gasteiger partial charge in [-0.2, -0.15) is 0 Å². The third-order valence-corrected chi connectivity index (χ3v) is 4.88. The molecule has 5 nitrogen and oxygen atoms in total. The second-order valence-electron chi connectivity index (χ2n) is 7.30. The smallest absolute Gasteiger partial charge is 0.338 e. The van der Waals surface area contributed by atoms with Crippen LogP contribution < -0.4 is 0 Å². The molecule has 0 saturated heterocycles. The summed E-state index contributed by atoms with van der Waals surface area (Å²) >= 11 is 5.37. The minimum absolute atomic E-state index is 0.0918. The lowest BCUT2D eigenvalue weighted by Gasteiger charge is -2.07. The Morgan fingerprint density at radius 3 is 2.09 bits per heavy atom. The van der Waals surface area contributed by atoms with Gasteiger partial charge in [0.05, 0.1) is 5.56 Å². The summed E-state index contributed by atoms with van der Waals surface area (Å²) in [6.45, 7) is 4.27. The molecule has 2 aromatic carbocycles. The van der Waals surface area contributed by atoms with Crippen LogP contribution in [0, 0.1) is 0 Å². The van der Waals surface area contributed by atoms with Crippen molar-refractivity contribution in [2.75, 3.05) is 19.1 Å². The number of allylic oxidation sites excluding steroid dienone is 2. The molecule has 0 aliphatic rings. The van der Waals surface area contributed by atoms with Crippen LogP contribution in [-0.2, 0) is 14.3 Å². The average Bonchev–Trinajstić information content (AvgIpc) is 2.82. The molecule has 0 saturated carbocycles. The first-order valence-electron chi connectivity index (χ1n) is 10.3. The number of hydrogen-bond acceptors (Lipinski definition) is 5. The second-order valence-corrected chi connectivity index (χ2v) is 7.57. The topological polar surface area (TPSA) is 69.7 Å². The molecule has 0 aliphatic carbocycles. The number of hydrogen-bond donors (Lipinski definition) is 0. The van der Waals surface area contributed by atoms with E-state index in [4.69, 9.17) is 21.1 Å². The highest BCUT2D eigenvalue weighted by molar-refractivity contribution is 6.26. The molecule has 2 aromatic rings. The molecule has 0 unspecified atom stereocenters. The summed E-state index contributed by atoms with van der Waals surface area (Å²) in [7, 11) is 0. The number of halogens is 1. The maximum Gasteiger partial charge on any atom is 0.338 e. The van der Waals surface area contributed by atoms with Crippen molar-refractivity contribution in [2.24, 2.45) is 0 Å². The molecule has 0 N–H and O–H groups in total. The van der Waals surface area contributed by atoms with Crippen molar-refractivity contribution in [1.29, 1.82) is 0 Å². The number of alkyl halides is 1. The van der Waals surface area contributed by atoms with Gasteiger partial charge in [0.25, 0.3) is 0 Å². The largest absolute Gasteiger partial charge is 0.461 e. The zero-order valence-electron chi connectivity index (χ0n) is 18.3. The van der Waals surface area contributed by atoms with Gasteiger partial charge in [0.15, 0.2) is 5.78 Å². The van der Waals surface area contributed by atoms with Crippen molar-refractivity contribution < 1.29 is 23.9 Å². The van der Waals surface area contributed by atoms with Crippen molar-refractivity contribution in [2.45, 2.75) is 26.7 Å². The third kappa shape index (κ3) is 8.52. The zero-order valence-corrected chi connectivity index (χ0v) is 19.1. The maximum atomic E-state index is 12.4. The molecular weight excluding hydrogens is 428 g/mol. The van der Waals surface area contributed by atoms with Crippen LogP contribution in [0.5, 0.6) is 0 Å². The summed E-state index contributed by atoms with van der Waals surface area (Å²) in [5.41, 5.74) is 3.55. The van der Waals surface area contributed by atoms with Gasteiger partial charge in [-0.3, -0.25) is 9.59 Å². The Morgan fingerprint density at radius 2 is 1.44 bits per heavy atom. The van der Waals surface area contributed by atoms with Crippen LogP contribution >= 0.6 is 11.6 Å². The molecule has 6 heteroatoms. The normalized spacial score (nSPS) is 11.7. The Morgan fingerprint density at radius 1 is 0.812 bits per heavy atom. The van der Waals surface area contributed by atoms with Crippen LogP contribution in [0.15, 0.2) is 77.9 Å². The van der Waals surface area contributed by atoms with E-state index in [0.717, 1.165) is 24.0 Å². The van der Waals surface area contributed by atoms with Crippen molar-refractivity contribution in [3.05, 3.63) is 94.6 Å². The average molecular weight is 455 g/mol. The van der Waals surface area contributed by atoms with Gasteiger partial charge in [0.2, 0.25) is 0 Å². The summed E-state index contributed by atoms with van der Waals surface area (Å²) in [4.78, 5) is 35.7. The first-order valence-corrected chi connectivity index (χ1v) is 10.8. The Hall–Kier alpha value is -3.18. The van der Waals surface area contributed by atoms with Crippen molar-refractivity contribution in [3.8, 4) is 0 Å². The van der Waals surface area contributed by atoms with E-state index in [2.05, 4.69) is 0 Å². The standard InChI is InChI=1S/C26H27ClO5/c1-19(15-16-31-24(28)17-27)7-6-8-20(2)18-32-26(30)23-13-11-22(12-14-23)25(29)21-9-4-3-5-10-21/h3-5,8-15H,6-7,16-18H2,1-2H3/b19-15+,20-8+. The fraction of sp³-hybridized carbons (Fsp3) is 0.269. The van der Waals surface area contributed by atoms with E-state index in [1.165, 1.54) is 0 Å². The molecule has 0 atom stereocenters. The summed E-state index contributed by atoms with van der Waals surface area (Å²) in [5.74, 6) is -1.12. The quantitative estimate of drug-likeness (QED) is 0.193. The Bertz CT molecular complexity index is 975. The van der Waals surface area contributed by atoms with Gasteiger partial charge in [-0.25, -0.2) is 4.79 Å². The molecule has 0 aliphatic heterocycles. The van der Waals surface area contributed by atoms with E-state index in [9.17, 15) is 14.4 Å². The minimum Gasteiger partial charge on any atom is -0.461 e. The lowest BCUT2D eigenvalue weighted by Crippen LogP contribution is -2.08. The molecule has 0 aromatic heterocycles. The molecule has 0 bridgehead atoms. The van der Waals surface area contributed by atoms with Crippen LogP contribution in [-0.4, -0.2) is 36.8 Å². The first-order chi connectivity index (χ1) is 15.4. The lowest BCUT2D eigenvalue weighted by molar-refractivity contribution is -0.139. The molecule has 0 heterocycles. The molecular formula is C26H27ClO5. The molecule has 0 fully saturated rings. The number of ketones is 1. The predicted molar refractivity (Wildman–Crippen MR) is 125 cm³/mol. The van der Waals surface area contributed by atoms with Crippen molar-refractivity contribution >= 4 is 29.3 Å². The molecule has 2 rings (SSSR count). The summed E-state index contributed by atoms with van der Waals surface area (Å²) in [6.07, 6.45) is 5.45. The van der Waals surface area contributed by atoms with Crippen molar-refractivity contribution in [3.63, 3.8) is 0 Å². The van der Waals surface area contributed by atoms with Gasteiger partial charge < -0.3 is 9.47 Å². The van der Waals surface area contributed by atoms with Gasteiger partial charge in [-0.15, -0.1) is 11.6 Å². The van der Waals surface area contributed by atoms with E-state index in [0.29, 0.717) is 16.7 Å². The number of carbonyl (C=O) groups is 3. The molecule has 168 valence electrons. The predicted octanol–water partition coefficient (Wildman–Crippen LogP) is 5.53. The molecule has 0 amide bonds. The summed E-state index contributed by atoms with van der Waals surface area (Å²) in [6, 6.07) is 15.5. The Labute approximate surface area is 193 Å². The Balaban J connectivity index is 1.78. The third-order valence-electron chi connectivity index (χ3n) is 4.67. The SMILES string of the molecule is C/C(=C\COC(=O)CCl)CC/C=C(\C)COC(=O)c1ccc(C(=O)c2ccccc2)cc1.